The van der Waals surface area contributed by atoms with Gasteiger partial charge in [-0.25, -0.2) is 4.99 Å². The highest BCUT2D eigenvalue weighted by Crippen LogP contribution is 2.49. The van der Waals surface area contributed by atoms with Crippen molar-refractivity contribution in [1.29, 1.82) is 0 Å². The van der Waals surface area contributed by atoms with Crippen molar-refractivity contribution in [1.82, 2.24) is 14.5 Å². The molecule has 248 valence electrons. The number of aliphatic imine (C=N–C) groups is 1. The van der Waals surface area contributed by atoms with E-state index >= 15 is 0 Å². The lowest BCUT2D eigenvalue weighted by atomic mass is 9.87. The van der Waals surface area contributed by atoms with E-state index in [9.17, 15) is 0 Å². The van der Waals surface area contributed by atoms with Crippen molar-refractivity contribution in [3.05, 3.63) is 143 Å². The molecular formula is C47H40N4. The maximum absolute atomic E-state index is 5.70. The van der Waals surface area contributed by atoms with Crippen LogP contribution in [0.2, 0.25) is 0 Å². The molecule has 0 saturated heterocycles. The average molecular weight is 661 g/mol. The van der Waals surface area contributed by atoms with Crippen LogP contribution >= 0.6 is 0 Å². The smallest absolute Gasteiger partial charge is 0.208 e. The second-order valence-electron chi connectivity index (χ2n) is 14.9. The highest BCUT2D eigenvalue weighted by atomic mass is 15.4. The Morgan fingerprint density at radius 2 is 1.55 bits per heavy atom. The van der Waals surface area contributed by atoms with Crippen LogP contribution in [0, 0.1) is 0 Å². The third-order valence-electron chi connectivity index (χ3n) is 11.9. The van der Waals surface area contributed by atoms with Gasteiger partial charge in [0.1, 0.15) is 0 Å². The fourth-order valence-corrected chi connectivity index (χ4v) is 9.64. The first kappa shape index (κ1) is 29.2. The molecule has 6 aromatic rings. The number of fused-ring (bicyclic) bond motifs is 12. The Balaban J connectivity index is 1.17. The summed E-state index contributed by atoms with van der Waals surface area (Å²) in [4.78, 5) is 5.70. The molecule has 0 bridgehead atoms. The Morgan fingerprint density at radius 3 is 2.45 bits per heavy atom. The number of aryl methyl sites for hydroxylation is 2. The van der Waals surface area contributed by atoms with Gasteiger partial charge >= 0.3 is 0 Å². The number of nitrogens with zero attached hydrogens (tertiary/aromatic N) is 3. The van der Waals surface area contributed by atoms with Crippen molar-refractivity contribution >= 4 is 72.6 Å². The standard InChI is InChI=1S/C47H40N4/c1-47(48-29-34-28-33(25-26-40(34)49-47)32-24-23-30-13-5-6-14-31(30)27-32)51-42-22-12-10-20-39(42)44-37-18-8-7-17-36(37)43-38-19-9-11-21-41(38)50(45(43)46(44)51)35-15-3-2-4-16-35/h3,5-6,8-9,11-16,18-19,21-24,27-29,48H,2,4,7,10,17,20,25-26H2,1H3. The SMILES string of the molecule is CC1(n2c3c(c4c5c(c6c7ccccc7n(C7=CCCC=C7)c6c42)CCC=C5)CCC=C3)N=C2CCC(c3ccc4ccccc4c3)=CC2=CN1. The van der Waals surface area contributed by atoms with E-state index < -0.39 is 5.79 Å². The van der Waals surface area contributed by atoms with Gasteiger partial charge < -0.3 is 9.88 Å². The van der Waals surface area contributed by atoms with Gasteiger partial charge in [-0.05, 0) is 127 Å². The lowest BCUT2D eigenvalue weighted by molar-refractivity contribution is 0.296. The first-order valence-electron chi connectivity index (χ1n) is 18.8. The summed E-state index contributed by atoms with van der Waals surface area (Å²) in [5.74, 6) is -0.696. The summed E-state index contributed by atoms with van der Waals surface area (Å²) < 4.78 is 5.15. The molecule has 4 aromatic carbocycles. The Bertz CT molecular complexity index is 2730. The fraction of sp³-hybridized carbons (Fsp3) is 0.213. The first-order valence-corrected chi connectivity index (χ1v) is 18.8. The van der Waals surface area contributed by atoms with Gasteiger partial charge in [0.15, 0.2) is 0 Å². The van der Waals surface area contributed by atoms with E-state index in [1.807, 2.05) is 0 Å². The van der Waals surface area contributed by atoms with E-state index in [0.29, 0.717) is 0 Å². The number of benzene rings is 4. The second-order valence-corrected chi connectivity index (χ2v) is 14.9. The van der Waals surface area contributed by atoms with E-state index in [2.05, 4.69) is 143 Å². The van der Waals surface area contributed by atoms with Crippen LogP contribution in [0.1, 0.15) is 73.4 Å². The van der Waals surface area contributed by atoms with Crippen LogP contribution in [-0.2, 0) is 18.6 Å². The molecule has 11 rings (SSSR count). The second kappa shape index (κ2) is 10.9. The average Bonchev–Trinajstić information content (AvgIpc) is 3.73. The van der Waals surface area contributed by atoms with Gasteiger partial charge in [-0.3, -0.25) is 4.57 Å². The summed E-state index contributed by atoms with van der Waals surface area (Å²) in [6.45, 7) is 2.28. The van der Waals surface area contributed by atoms with Gasteiger partial charge in [0.2, 0.25) is 5.79 Å². The van der Waals surface area contributed by atoms with Crippen molar-refractivity contribution in [2.75, 3.05) is 0 Å². The van der Waals surface area contributed by atoms with E-state index in [1.165, 1.54) is 94.0 Å². The molecule has 1 unspecified atom stereocenters. The summed E-state index contributed by atoms with van der Waals surface area (Å²) in [5.41, 5.74) is 15.9. The molecule has 4 heteroatoms. The molecule has 0 spiro atoms. The van der Waals surface area contributed by atoms with Gasteiger partial charge in [0, 0.05) is 45.0 Å². The zero-order chi connectivity index (χ0) is 33.7. The molecule has 1 atom stereocenters. The molecular weight excluding hydrogens is 621 g/mol. The minimum absolute atomic E-state index is 0.696. The zero-order valence-corrected chi connectivity index (χ0v) is 29.0. The number of hydrogen-bond acceptors (Lipinski definition) is 2. The largest absolute Gasteiger partial charge is 0.350 e. The molecule has 51 heavy (non-hydrogen) atoms. The van der Waals surface area contributed by atoms with Crippen LogP contribution < -0.4 is 5.32 Å². The topological polar surface area (TPSA) is 34.2 Å². The van der Waals surface area contributed by atoms with Crippen LogP contribution in [-0.4, -0.2) is 14.8 Å². The van der Waals surface area contributed by atoms with Crippen molar-refractivity contribution in [2.24, 2.45) is 4.99 Å². The third kappa shape index (κ3) is 4.23. The Kier molecular flexibility index (Phi) is 6.26. The first-order chi connectivity index (χ1) is 25.2. The molecule has 4 aliphatic carbocycles. The van der Waals surface area contributed by atoms with Crippen LogP contribution in [0.15, 0.2) is 120 Å². The van der Waals surface area contributed by atoms with Gasteiger partial charge in [0.05, 0.1) is 16.6 Å². The van der Waals surface area contributed by atoms with E-state index in [0.717, 1.165) is 51.4 Å². The van der Waals surface area contributed by atoms with Gasteiger partial charge in [-0.15, -0.1) is 0 Å². The third-order valence-corrected chi connectivity index (χ3v) is 11.9. The molecule has 0 saturated carbocycles. The van der Waals surface area contributed by atoms with Gasteiger partial charge in [0.25, 0.3) is 0 Å². The zero-order valence-electron chi connectivity index (χ0n) is 29.0. The lowest BCUT2D eigenvalue weighted by Crippen LogP contribution is -2.45. The summed E-state index contributed by atoms with van der Waals surface area (Å²) in [7, 11) is 0. The molecule has 1 N–H and O–H groups in total. The Labute approximate surface area is 298 Å². The molecule has 5 aliphatic rings. The monoisotopic (exact) mass is 660 g/mol. The van der Waals surface area contributed by atoms with Gasteiger partial charge in [-0.2, -0.15) is 0 Å². The van der Waals surface area contributed by atoms with E-state index in [4.69, 9.17) is 4.99 Å². The highest BCUT2D eigenvalue weighted by molar-refractivity contribution is 6.23. The van der Waals surface area contributed by atoms with Crippen LogP contribution in [0.5, 0.6) is 0 Å². The predicted molar refractivity (Wildman–Crippen MR) is 216 cm³/mol. The van der Waals surface area contributed by atoms with Crippen LogP contribution in [0.4, 0.5) is 0 Å². The molecule has 3 heterocycles. The highest BCUT2D eigenvalue weighted by Gasteiger charge is 2.38. The van der Waals surface area contributed by atoms with Crippen molar-refractivity contribution in [2.45, 2.75) is 64.1 Å². The van der Waals surface area contributed by atoms with Crippen LogP contribution in [0.25, 0.3) is 66.9 Å². The van der Waals surface area contributed by atoms with Crippen LogP contribution in [0.3, 0.4) is 0 Å². The number of aromatic nitrogens is 2. The lowest BCUT2D eigenvalue weighted by Gasteiger charge is -2.36. The minimum Gasteiger partial charge on any atom is -0.350 e. The number of para-hydroxylation sites is 1. The summed E-state index contributed by atoms with van der Waals surface area (Å²) in [6, 6.07) is 24.6. The minimum atomic E-state index is -0.696. The Hall–Kier alpha value is -5.61. The fourth-order valence-electron chi connectivity index (χ4n) is 9.64. The predicted octanol–water partition coefficient (Wildman–Crippen LogP) is 11.4. The molecule has 1 aliphatic heterocycles. The number of rotatable bonds is 3. The molecule has 2 aromatic heterocycles. The Morgan fingerprint density at radius 1 is 0.725 bits per heavy atom. The maximum atomic E-state index is 5.70. The van der Waals surface area contributed by atoms with Crippen molar-refractivity contribution in [3.8, 4) is 0 Å². The van der Waals surface area contributed by atoms with E-state index in [-0.39, 0.29) is 0 Å². The quantitative estimate of drug-likeness (QED) is 0.201. The van der Waals surface area contributed by atoms with Crippen molar-refractivity contribution in [3.63, 3.8) is 0 Å². The maximum Gasteiger partial charge on any atom is 0.208 e. The summed E-state index contributed by atoms with van der Waals surface area (Å²) in [6.07, 6.45) is 29.6. The van der Waals surface area contributed by atoms with Gasteiger partial charge in [-0.1, -0.05) is 85.0 Å². The molecule has 0 amide bonds. The normalized spacial score (nSPS) is 20.9. The molecule has 0 radical (unpaired) electrons. The molecule has 0 fully saturated rings. The number of nitrogens with one attached hydrogen (secondary N) is 1. The number of hydrogen-bond donors (Lipinski definition) is 1. The molecule has 4 nitrogen and oxygen atoms in total. The summed E-state index contributed by atoms with van der Waals surface area (Å²) in [5, 5.41) is 10.6. The number of allylic oxidation sites excluding steroid dienone is 9. The summed E-state index contributed by atoms with van der Waals surface area (Å²) >= 11 is 0. The van der Waals surface area contributed by atoms with Crippen molar-refractivity contribution < 1.29 is 0 Å². The van der Waals surface area contributed by atoms with E-state index in [1.54, 1.807) is 0 Å².